The van der Waals surface area contributed by atoms with Crippen LogP contribution in [0.5, 0.6) is 0 Å². The van der Waals surface area contributed by atoms with Gasteiger partial charge in [-0.2, -0.15) is 0 Å². The Hall–Kier alpha value is -0.650. The normalized spacial score (nSPS) is 18.5. The van der Waals surface area contributed by atoms with Gasteiger partial charge in [0, 0.05) is 6.54 Å². The first-order valence-corrected chi connectivity index (χ1v) is 4.43. The molecule has 0 heterocycles. The standard InChI is InChI=1S/C9H19NO4/c1-8(2,3)14-7(12)6(11)9(4,13)5-10/h6,11,13H,5,10H2,1-4H3/t6-,9+/m1/s1. The van der Waals surface area contributed by atoms with Crippen LogP contribution in [0.2, 0.25) is 0 Å². The van der Waals surface area contributed by atoms with Crippen molar-refractivity contribution in [3.63, 3.8) is 0 Å². The summed E-state index contributed by atoms with van der Waals surface area (Å²) in [5.41, 5.74) is 2.85. The van der Waals surface area contributed by atoms with Crippen molar-refractivity contribution in [1.82, 2.24) is 0 Å². The minimum absolute atomic E-state index is 0.215. The molecule has 0 aromatic carbocycles. The van der Waals surface area contributed by atoms with E-state index in [9.17, 15) is 15.0 Å². The van der Waals surface area contributed by atoms with Crippen molar-refractivity contribution in [3.05, 3.63) is 0 Å². The Morgan fingerprint density at radius 3 is 2.14 bits per heavy atom. The number of hydrogen-bond donors (Lipinski definition) is 3. The van der Waals surface area contributed by atoms with Crippen LogP contribution in [0.25, 0.3) is 0 Å². The van der Waals surface area contributed by atoms with Gasteiger partial charge in [0.15, 0.2) is 6.10 Å². The van der Waals surface area contributed by atoms with Gasteiger partial charge in [-0.25, -0.2) is 4.79 Å². The number of rotatable bonds is 3. The van der Waals surface area contributed by atoms with E-state index in [1.54, 1.807) is 20.8 Å². The molecule has 0 amide bonds. The molecule has 0 rings (SSSR count). The van der Waals surface area contributed by atoms with Crippen LogP contribution < -0.4 is 5.73 Å². The second-order valence-corrected chi connectivity index (χ2v) is 4.50. The fourth-order valence-electron chi connectivity index (χ4n) is 0.723. The number of aliphatic hydroxyl groups is 2. The highest BCUT2D eigenvalue weighted by molar-refractivity contribution is 5.76. The lowest BCUT2D eigenvalue weighted by molar-refractivity contribution is -0.177. The molecule has 4 N–H and O–H groups in total. The van der Waals surface area contributed by atoms with Crippen molar-refractivity contribution in [2.45, 2.75) is 45.0 Å². The van der Waals surface area contributed by atoms with Gasteiger partial charge in [0.25, 0.3) is 0 Å². The van der Waals surface area contributed by atoms with Crippen molar-refractivity contribution >= 4 is 5.97 Å². The Kier molecular flexibility index (Phi) is 4.05. The molecular formula is C9H19NO4. The van der Waals surface area contributed by atoms with Crippen LogP contribution in [-0.2, 0) is 9.53 Å². The minimum Gasteiger partial charge on any atom is -0.458 e. The number of carbonyl (C=O) groups excluding carboxylic acids is 1. The lowest BCUT2D eigenvalue weighted by atomic mass is 9.99. The summed E-state index contributed by atoms with van der Waals surface area (Å²) >= 11 is 0. The fraction of sp³-hybridized carbons (Fsp3) is 0.889. The van der Waals surface area contributed by atoms with Gasteiger partial charge in [0.1, 0.15) is 11.2 Å². The molecule has 0 bridgehead atoms. The number of carbonyl (C=O) groups is 1. The summed E-state index contributed by atoms with van der Waals surface area (Å²) in [6, 6.07) is 0. The van der Waals surface area contributed by atoms with Crippen molar-refractivity contribution < 1.29 is 19.7 Å². The topological polar surface area (TPSA) is 92.8 Å². The lowest BCUT2D eigenvalue weighted by Gasteiger charge is -2.29. The molecule has 2 atom stereocenters. The van der Waals surface area contributed by atoms with Crippen molar-refractivity contribution in [2.75, 3.05) is 6.54 Å². The highest BCUT2D eigenvalue weighted by Crippen LogP contribution is 2.14. The second-order valence-electron chi connectivity index (χ2n) is 4.50. The zero-order valence-corrected chi connectivity index (χ0v) is 9.07. The van der Waals surface area contributed by atoms with E-state index in [-0.39, 0.29) is 6.54 Å². The van der Waals surface area contributed by atoms with Gasteiger partial charge in [0.05, 0.1) is 0 Å². The monoisotopic (exact) mass is 205 g/mol. The zero-order valence-electron chi connectivity index (χ0n) is 9.07. The molecule has 0 aromatic rings. The molecule has 5 nitrogen and oxygen atoms in total. The van der Waals surface area contributed by atoms with E-state index in [4.69, 9.17) is 10.5 Å². The quantitative estimate of drug-likeness (QED) is 0.535. The number of nitrogens with two attached hydrogens (primary N) is 1. The summed E-state index contributed by atoms with van der Waals surface area (Å²) in [4.78, 5) is 11.3. The van der Waals surface area contributed by atoms with E-state index in [2.05, 4.69) is 0 Å². The Morgan fingerprint density at radius 1 is 1.43 bits per heavy atom. The average molecular weight is 205 g/mol. The molecule has 14 heavy (non-hydrogen) atoms. The summed E-state index contributed by atoms with van der Waals surface area (Å²) in [6.07, 6.45) is -1.62. The fourth-order valence-corrected chi connectivity index (χ4v) is 0.723. The third-order valence-electron chi connectivity index (χ3n) is 1.63. The van der Waals surface area contributed by atoms with E-state index in [1.165, 1.54) is 6.92 Å². The van der Waals surface area contributed by atoms with Crippen molar-refractivity contribution in [1.29, 1.82) is 0 Å². The number of hydrogen-bond acceptors (Lipinski definition) is 5. The van der Waals surface area contributed by atoms with Crippen LogP contribution in [0.15, 0.2) is 0 Å². The maximum atomic E-state index is 11.3. The van der Waals surface area contributed by atoms with Crippen LogP contribution in [0.3, 0.4) is 0 Å². The molecule has 0 aliphatic heterocycles. The molecule has 0 aliphatic carbocycles. The third-order valence-corrected chi connectivity index (χ3v) is 1.63. The van der Waals surface area contributed by atoms with Crippen molar-refractivity contribution in [3.8, 4) is 0 Å². The molecule has 0 radical (unpaired) electrons. The molecule has 0 unspecified atom stereocenters. The van der Waals surface area contributed by atoms with E-state index in [1.807, 2.05) is 0 Å². The number of esters is 1. The first-order valence-electron chi connectivity index (χ1n) is 4.43. The van der Waals surface area contributed by atoms with E-state index in [0.717, 1.165) is 0 Å². The average Bonchev–Trinajstić information content (AvgIpc) is 2.00. The summed E-state index contributed by atoms with van der Waals surface area (Å²) < 4.78 is 4.88. The van der Waals surface area contributed by atoms with Gasteiger partial charge >= 0.3 is 5.97 Å². The van der Waals surface area contributed by atoms with Gasteiger partial charge in [-0.05, 0) is 27.7 Å². The summed E-state index contributed by atoms with van der Waals surface area (Å²) in [7, 11) is 0. The molecule has 5 heteroatoms. The SMILES string of the molecule is CC(C)(C)OC(=O)[C@@H](O)[C@@](C)(O)CN. The number of aliphatic hydroxyl groups excluding tert-OH is 1. The van der Waals surface area contributed by atoms with E-state index >= 15 is 0 Å². The van der Waals surface area contributed by atoms with E-state index < -0.39 is 23.3 Å². The summed E-state index contributed by atoms with van der Waals surface area (Å²) in [5.74, 6) is -0.868. The molecule has 0 saturated carbocycles. The smallest absolute Gasteiger partial charge is 0.338 e. The predicted octanol–water partition coefficient (Wildman–Crippen LogP) is -0.601. The first-order chi connectivity index (χ1) is 6.10. The number of ether oxygens (including phenoxy) is 1. The van der Waals surface area contributed by atoms with Crippen LogP contribution in [0.1, 0.15) is 27.7 Å². The molecule has 84 valence electrons. The van der Waals surface area contributed by atoms with Gasteiger partial charge in [-0.1, -0.05) is 0 Å². The van der Waals surface area contributed by atoms with Crippen molar-refractivity contribution in [2.24, 2.45) is 5.73 Å². The van der Waals surface area contributed by atoms with Crippen LogP contribution in [0, 0.1) is 0 Å². The van der Waals surface area contributed by atoms with Crippen LogP contribution >= 0.6 is 0 Å². The van der Waals surface area contributed by atoms with Crippen LogP contribution in [0.4, 0.5) is 0 Å². The zero-order chi connectivity index (χ0) is 11.6. The maximum absolute atomic E-state index is 11.3. The molecule has 0 aliphatic rings. The largest absolute Gasteiger partial charge is 0.458 e. The van der Waals surface area contributed by atoms with Gasteiger partial charge in [0.2, 0.25) is 0 Å². The van der Waals surface area contributed by atoms with Gasteiger partial charge in [-0.3, -0.25) is 0 Å². The third kappa shape index (κ3) is 4.04. The molecule has 0 aromatic heterocycles. The Morgan fingerprint density at radius 2 is 1.86 bits per heavy atom. The highest BCUT2D eigenvalue weighted by Gasteiger charge is 2.37. The minimum atomic E-state index is -1.65. The molecule has 0 spiro atoms. The molecule has 0 saturated heterocycles. The van der Waals surface area contributed by atoms with Gasteiger partial charge < -0.3 is 20.7 Å². The maximum Gasteiger partial charge on any atom is 0.338 e. The Bertz CT molecular complexity index is 207. The van der Waals surface area contributed by atoms with Gasteiger partial charge in [-0.15, -0.1) is 0 Å². The van der Waals surface area contributed by atoms with E-state index in [0.29, 0.717) is 0 Å². The summed E-state index contributed by atoms with van der Waals surface area (Å²) in [6.45, 7) is 6.09. The first kappa shape index (κ1) is 13.4. The second kappa shape index (κ2) is 4.25. The Labute approximate surface area is 83.9 Å². The lowest BCUT2D eigenvalue weighted by Crippen LogP contribution is -2.51. The Balaban J connectivity index is 4.41. The summed E-state index contributed by atoms with van der Waals surface area (Å²) in [5, 5.41) is 18.9. The molecular weight excluding hydrogens is 186 g/mol. The predicted molar refractivity (Wildman–Crippen MR) is 51.5 cm³/mol. The molecule has 0 fully saturated rings. The van der Waals surface area contributed by atoms with Crippen LogP contribution in [-0.4, -0.2) is 40.0 Å². The highest BCUT2D eigenvalue weighted by atomic mass is 16.6.